The van der Waals surface area contributed by atoms with Gasteiger partial charge in [-0.25, -0.2) is 0 Å². The number of hydrogen-bond acceptors (Lipinski definition) is 3. The second-order valence-corrected chi connectivity index (χ2v) is 4.97. The van der Waals surface area contributed by atoms with Gasteiger partial charge in [-0.2, -0.15) is 0 Å². The SMILES string of the molecule is COc1cccc(NC(c2ccccc2)c2ccccn2)c1. The fourth-order valence-electron chi connectivity index (χ4n) is 2.40. The molecule has 0 aliphatic rings. The van der Waals surface area contributed by atoms with Crippen LogP contribution in [0.2, 0.25) is 0 Å². The first-order chi connectivity index (χ1) is 10.9. The molecule has 110 valence electrons. The Labute approximate surface area is 130 Å². The third-order valence-corrected chi connectivity index (χ3v) is 3.50. The lowest BCUT2D eigenvalue weighted by atomic mass is 10.0. The van der Waals surface area contributed by atoms with Gasteiger partial charge < -0.3 is 10.1 Å². The van der Waals surface area contributed by atoms with Gasteiger partial charge in [0.1, 0.15) is 5.75 Å². The molecule has 0 saturated heterocycles. The molecule has 3 heteroatoms. The summed E-state index contributed by atoms with van der Waals surface area (Å²) in [6.45, 7) is 0. The molecule has 0 aliphatic heterocycles. The number of methoxy groups -OCH3 is 1. The average molecular weight is 290 g/mol. The number of pyridine rings is 1. The van der Waals surface area contributed by atoms with Crippen molar-refractivity contribution in [1.29, 1.82) is 0 Å². The summed E-state index contributed by atoms with van der Waals surface area (Å²) >= 11 is 0. The van der Waals surface area contributed by atoms with E-state index in [-0.39, 0.29) is 6.04 Å². The zero-order chi connectivity index (χ0) is 15.2. The first kappa shape index (κ1) is 14.1. The van der Waals surface area contributed by atoms with Crippen molar-refractivity contribution in [3.63, 3.8) is 0 Å². The van der Waals surface area contributed by atoms with E-state index in [0.717, 1.165) is 17.1 Å². The van der Waals surface area contributed by atoms with Crippen LogP contribution in [-0.2, 0) is 0 Å². The van der Waals surface area contributed by atoms with Gasteiger partial charge in [-0.1, -0.05) is 42.5 Å². The van der Waals surface area contributed by atoms with Crippen LogP contribution in [0.5, 0.6) is 5.75 Å². The van der Waals surface area contributed by atoms with E-state index in [1.54, 1.807) is 7.11 Å². The zero-order valence-electron chi connectivity index (χ0n) is 12.4. The summed E-state index contributed by atoms with van der Waals surface area (Å²) in [6.07, 6.45) is 1.82. The van der Waals surface area contributed by atoms with Crippen LogP contribution < -0.4 is 10.1 Å². The van der Waals surface area contributed by atoms with Crippen LogP contribution in [0.1, 0.15) is 17.3 Å². The smallest absolute Gasteiger partial charge is 0.120 e. The van der Waals surface area contributed by atoms with E-state index < -0.39 is 0 Å². The maximum atomic E-state index is 5.29. The predicted octanol–water partition coefficient (Wildman–Crippen LogP) is 4.29. The molecule has 1 heterocycles. The molecule has 3 aromatic rings. The van der Waals surface area contributed by atoms with Gasteiger partial charge in [-0.05, 0) is 29.8 Å². The van der Waals surface area contributed by atoms with Gasteiger partial charge in [-0.15, -0.1) is 0 Å². The highest BCUT2D eigenvalue weighted by atomic mass is 16.5. The second-order valence-electron chi connectivity index (χ2n) is 4.97. The number of hydrogen-bond donors (Lipinski definition) is 1. The summed E-state index contributed by atoms with van der Waals surface area (Å²) < 4.78 is 5.29. The Morgan fingerprint density at radius 2 is 1.73 bits per heavy atom. The summed E-state index contributed by atoms with van der Waals surface area (Å²) in [4.78, 5) is 4.50. The zero-order valence-corrected chi connectivity index (χ0v) is 12.4. The van der Waals surface area contributed by atoms with Crippen LogP contribution in [0.15, 0.2) is 79.0 Å². The quantitative estimate of drug-likeness (QED) is 0.761. The lowest BCUT2D eigenvalue weighted by molar-refractivity contribution is 0.415. The van der Waals surface area contributed by atoms with Crippen LogP contribution in [0, 0.1) is 0 Å². The molecule has 0 bridgehead atoms. The van der Waals surface area contributed by atoms with Crippen molar-refractivity contribution in [1.82, 2.24) is 4.98 Å². The van der Waals surface area contributed by atoms with Crippen LogP contribution in [-0.4, -0.2) is 12.1 Å². The molecule has 0 amide bonds. The molecular formula is C19H18N2O. The Balaban J connectivity index is 1.95. The number of anilines is 1. The van der Waals surface area contributed by atoms with E-state index >= 15 is 0 Å². The Bertz CT molecular complexity index is 674. The molecule has 1 atom stereocenters. The Hall–Kier alpha value is -2.81. The Kier molecular flexibility index (Phi) is 4.35. The van der Waals surface area contributed by atoms with E-state index in [9.17, 15) is 0 Å². The molecule has 0 spiro atoms. The van der Waals surface area contributed by atoms with Gasteiger partial charge in [0.25, 0.3) is 0 Å². The van der Waals surface area contributed by atoms with E-state index in [2.05, 4.69) is 22.4 Å². The van der Waals surface area contributed by atoms with Crippen molar-refractivity contribution in [2.45, 2.75) is 6.04 Å². The van der Waals surface area contributed by atoms with Crippen molar-refractivity contribution in [2.75, 3.05) is 12.4 Å². The highest BCUT2D eigenvalue weighted by Gasteiger charge is 2.15. The molecule has 3 nitrogen and oxygen atoms in total. The fourth-order valence-corrected chi connectivity index (χ4v) is 2.40. The molecule has 3 rings (SSSR count). The van der Waals surface area contributed by atoms with Crippen molar-refractivity contribution >= 4 is 5.69 Å². The van der Waals surface area contributed by atoms with Crippen LogP contribution in [0.4, 0.5) is 5.69 Å². The molecule has 22 heavy (non-hydrogen) atoms. The predicted molar refractivity (Wildman–Crippen MR) is 89.1 cm³/mol. The van der Waals surface area contributed by atoms with E-state index in [0.29, 0.717) is 0 Å². The maximum absolute atomic E-state index is 5.29. The van der Waals surface area contributed by atoms with E-state index in [1.165, 1.54) is 5.56 Å². The van der Waals surface area contributed by atoms with Gasteiger partial charge >= 0.3 is 0 Å². The van der Waals surface area contributed by atoms with Gasteiger partial charge in [0.2, 0.25) is 0 Å². The summed E-state index contributed by atoms with van der Waals surface area (Å²) in [5, 5.41) is 3.54. The monoisotopic (exact) mass is 290 g/mol. The molecule has 1 unspecified atom stereocenters. The van der Waals surface area contributed by atoms with E-state index in [1.807, 2.05) is 66.9 Å². The molecular weight excluding hydrogens is 272 g/mol. The second kappa shape index (κ2) is 6.76. The molecule has 2 aromatic carbocycles. The first-order valence-electron chi connectivity index (χ1n) is 7.23. The standard InChI is InChI=1S/C19H18N2O/c1-22-17-11-7-10-16(14-17)21-19(15-8-3-2-4-9-15)18-12-5-6-13-20-18/h2-14,19,21H,1H3. The molecule has 0 saturated carbocycles. The van der Waals surface area contributed by atoms with Crippen molar-refractivity contribution in [2.24, 2.45) is 0 Å². The average Bonchev–Trinajstić information content (AvgIpc) is 2.61. The number of ether oxygens (including phenoxy) is 1. The minimum absolute atomic E-state index is 0.00509. The third-order valence-electron chi connectivity index (χ3n) is 3.50. The lowest BCUT2D eigenvalue weighted by Gasteiger charge is -2.20. The fraction of sp³-hybridized carbons (Fsp3) is 0.105. The van der Waals surface area contributed by atoms with Crippen molar-refractivity contribution in [3.8, 4) is 5.75 Å². The van der Waals surface area contributed by atoms with E-state index in [4.69, 9.17) is 4.74 Å². The van der Waals surface area contributed by atoms with Crippen molar-refractivity contribution in [3.05, 3.63) is 90.3 Å². The minimum atomic E-state index is -0.00509. The largest absolute Gasteiger partial charge is 0.497 e. The normalized spacial score (nSPS) is 11.7. The highest BCUT2D eigenvalue weighted by molar-refractivity contribution is 5.51. The van der Waals surface area contributed by atoms with Gasteiger partial charge in [0.15, 0.2) is 0 Å². The number of nitrogens with one attached hydrogen (secondary N) is 1. The summed E-state index contributed by atoms with van der Waals surface area (Å²) in [5.41, 5.74) is 3.15. The Morgan fingerprint density at radius 3 is 2.45 bits per heavy atom. The number of rotatable bonds is 5. The molecule has 0 radical (unpaired) electrons. The highest BCUT2D eigenvalue weighted by Crippen LogP contribution is 2.27. The van der Waals surface area contributed by atoms with Crippen LogP contribution >= 0.6 is 0 Å². The van der Waals surface area contributed by atoms with Gasteiger partial charge in [0, 0.05) is 18.0 Å². The van der Waals surface area contributed by atoms with Crippen LogP contribution in [0.3, 0.4) is 0 Å². The van der Waals surface area contributed by atoms with Crippen molar-refractivity contribution < 1.29 is 4.74 Å². The molecule has 0 fully saturated rings. The number of aromatic nitrogens is 1. The first-order valence-corrected chi connectivity index (χ1v) is 7.23. The Morgan fingerprint density at radius 1 is 0.909 bits per heavy atom. The molecule has 1 N–H and O–H groups in total. The van der Waals surface area contributed by atoms with Crippen LogP contribution in [0.25, 0.3) is 0 Å². The number of benzene rings is 2. The molecule has 0 aliphatic carbocycles. The maximum Gasteiger partial charge on any atom is 0.120 e. The van der Waals surface area contributed by atoms with Gasteiger partial charge in [-0.3, -0.25) is 4.98 Å². The minimum Gasteiger partial charge on any atom is -0.497 e. The van der Waals surface area contributed by atoms with Gasteiger partial charge in [0.05, 0.1) is 18.8 Å². The molecule has 1 aromatic heterocycles. The third kappa shape index (κ3) is 3.26. The topological polar surface area (TPSA) is 34.1 Å². The number of nitrogens with zero attached hydrogens (tertiary/aromatic N) is 1. The summed E-state index contributed by atoms with van der Waals surface area (Å²) in [5.74, 6) is 0.831. The summed E-state index contributed by atoms with van der Waals surface area (Å²) in [6, 6.07) is 24.2. The lowest BCUT2D eigenvalue weighted by Crippen LogP contribution is -2.13. The summed E-state index contributed by atoms with van der Waals surface area (Å²) in [7, 11) is 1.67.